The number of alkyl halides is 2. The highest BCUT2D eigenvalue weighted by Gasteiger charge is 2.38. The Morgan fingerprint density at radius 1 is 1.21 bits per heavy atom. The van der Waals surface area contributed by atoms with E-state index >= 15 is 0 Å². The number of nitrogens with zero attached hydrogens (tertiary/aromatic N) is 2. The van der Waals surface area contributed by atoms with Gasteiger partial charge in [0.15, 0.2) is 5.75 Å². The molecule has 0 amide bonds. The molecule has 5 rings (SSSR count). The van der Waals surface area contributed by atoms with Crippen molar-refractivity contribution < 1.29 is 23.4 Å². The Morgan fingerprint density at radius 2 is 1.94 bits per heavy atom. The number of aromatic carboxylic acids is 1. The highest BCUT2D eigenvalue weighted by molar-refractivity contribution is 7.59. The number of hydrogen-bond donors (Lipinski definition) is 2. The van der Waals surface area contributed by atoms with Crippen LogP contribution in [0.4, 0.5) is 8.78 Å². The second-order valence-electron chi connectivity index (χ2n) is 8.92. The van der Waals surface area contributed by atoms with Crippen molar-refractivity contribution in [2.24, 2.45) is 0 Å². The summed E-state index contributed by atoms with van der Waals surface area (Å²) in [5.74, 6) is -1.31. The minimum absolute atomic E-state index is 0. The molecule has 2 aliphatic heterocycles. The van der Waals surface area contributed by atoms with E-state index in [2.05, 4.69) is 17.1 Å². The summed E-state index contributed by atoms with van der Waals surface area (Å²) in [6, 6.07) is 3.93. The quantitative estimate of drug-likeness (QED) is 0.656. The van der Waals surface area contributed by atoms with Gasteiger partial charge in [-0.25, -0.2) is 4.79 Å². The molecule has 3 atom stereocenters. The summed E-state index contributed by atoms with van der Waals surface area (Å²) in [5.41, 5.74) is -0.0847. The lowest BCUT2D eigenvalue weighted by Crippen LogP contribution is -2.52. The Hall–Kier alpha value is -1.82. The maximum Gasteiger partial charge on any atom is 0.387 e. The van der Waals surface area contributed by atoms with Crippen LogP contribution in [-0.2, 0) is 0 Å². The summed E-state index contributed by atoms with van der Waals surface area (Å²) < 4.78 is 33.7. The molecule has 1 aromatic heterocycles. The molecule has 182 valence electrons. The van der Waals surface area contributed by atoms with Gasteiger partial charge in [0, 0.05) is 55.4 Å². The molecule has 1 aromatic carbocycles. The van der Waals surface area contributed by atoms with Crippen LogP contribution in [0.25, 0.3) is 10.9 Å². The van der Waals surface area contributed by atoms with E-state index in [1.807, 2.05) is 0 Å². The van der Waals surface area contributed by atoms with E-state index in [9.17, 15) is 23.5 Å². The van der Waals surface area contributed by atoms with Crippen LogP contribution >= 0.6 is 27.0 Å². The van der Waals surface area contributed by atoms with Gasteiger partial charge in [-0.2, -0.15) is 35.8 Å². The van der Waals surface area contributed by atoms with Gasteiger partial charge in [0.1, 0.15) is 5.56 Å². The van der Waals surface area contributed by atoms with Crippen LogP contribution in [0, 0.1) is 0 Å². The number of benzene rings is 1. The van der Waals surface area contributed by atoms with E-state index in [4.69, 9.17) is 4.74 Å². The first-order valence-electron chi connectivity index (χ1n) is 10.7. The number of hydrogen-bond acceptors (Lipinski definition) is 5. The van der Waals surface area contributed by atoms with Crippen molar-refractivity contribution >= 4 is 43.9 Å². The van der Waals surface area contributed by atoms with Crippen molar-refractivity contribution in [2.45, 2.75) is 56.8 Å². The predicted octanol–water partition coefficient (Wildman–Crippen LogP) is 3.01. The normalized spacial score (nSPS) is 24.8. The first kappa shape index (κ1) is 25.8. The third kappa shape index (κ3) is 4.73. The van der Waals surface area contributed by atoms with Crippen molar-refractivity contribution in [3.8, 4) is 5.75 Å². The summed E-state index contributed by atoms with van der Waals surface area (Å²) in [6.45, 7) is 1.57. The highest BCUT2D eigenvalue weighted by Crippen LogP contribution is 2.44. The second kappa shape index (κ2) is 9.81. The van der Waals surface area contributed by atoms with Crippen molar-refractivity contribution in [1.82, 2.24) is 14.8 Å². The van der Waals surface area contributed by atoms with E-state index in [0.29, 0.717) is 17.6 Å². The van der Waals surface area contributed by atoms with Gasteiger partial charge >= 0.3 is 12.6 Å². The number of carboxylic acids is 1. The third-order valence-electron chi connectivity index (χ3n) is 6.73. The van der Waals surface area contributed by atoms with E-state index in [1.165, 1.54) is 6.20 Å². The molecule has 2 N–H and O–H groups in total. The number of ether oxygens (including phenoxy) is 1. The van der Waals surface area contributed by atoms with Gasteiger partial charge in [-0.1, -0.05) is 6.07 Å². The summed E-state index contributed by atoms with van der Waals surface area (Å²) in [4.78, 5) is 26.8. The number of aromatic nitrogens is 1. The fourth-order valence-corrected chi connectivity index (χ4v) is 5.16. The first-order valence-corrected chi connectivity index (χ1v) is 10.7. The Balaban J connectivity index is 0.00000153. The van der Waals surface area contributed by atoms with Gasteiger partial charge in [0.2, 0.25) is 5.43 Å². The van der Waals surface area contributed by atoms with E-state index in [-0.39, 0.29) is 61.2 Å². The molecule has 0 bridgehead atoms. The Morgan fingerprint density at radius 3 is 2.58 bits per heavy atom. The molecule has 3 fully saturated rings. The number of pyridine rings is 1. The minimum Gasteiger partial charge on any atom is -0.477 e. The maximum absolute atomic E-state index is 13.5. The zero-order valence-electron chi connectivity index (χ0n) is 18.2. The number of piperazine rings is 1. The van der Waals surface area contributed by atoms with Crippen molar-refractivity contribution in [2.75, 3.05) is 19.6 Å². The van der Waals surface area contributed by atoms with E-state index < -0.39 is 18.0 Å². The van der Waals surface area contributed by atoms with Gasteiger partial charge in [-0.3, -0.25) is 9.69 Å². The minimum atomic E-state index is -3.04. The molecule has 0 spiro atoms. The predicted molar refractivity (Wildman–Crippen MR) is 131 cm³/mol. The topological polar surface area (TPSA) is 83.8 Å². The standard InChI is InChI=1S/C22H25F2N3O4.2H2S/c1-11-8-26-9-12(6-14(26)7-25-11)15-4-5-16-18(20(15)31-22(23)24)27(13-2-3-13)10-17(19(16)28)21(29)30;;/h4-5,10-14,22,25H,2-3,6-9H2,1H3,(H,29,30);2*1H2/t11-,12?,14-;;/m0../s1. The van der Waals surface area contributed by atoms with Crippen molar-refractivity contribution in [1.29, 1.82) is 0 Å². The van der Waals surface area contributed by atoms with Gasteiger partial charge in [0.25, 0.3) is 0 Å². The smallest absolute Gasteiger partial charge is 0.387 e. The van der Waals surface area contributed by atoms with Crippen LogP contribution in [0.15, 0.2) is 23.1 Å². The van der Waals surface area contributed by atoms with Gasteiger partial charge in [-0.05, 0) is 32.3 Å². The second-order valence-corrected chi connectivity index (χ2v) is 8.92. The van der Waals surface area contributed by atoms with Crippen molar-refractivity contribution in [3.05, 3.63) is 39.7 Å². The van der Waals surface area contributed by atoms with Gasteiger partial charge in [0.05, 0.1) is 10.9 Å². The number of fused-ring (bicyclic) bond motifs is 2. The fourth-order valence-electron chi connectivity index (χ4n) is 5.16. The van der Waals surface area contributed by atoms with Gasteiger partial charge in [-0.15, -0.1) is 0 Å². The van der Waals surface area contributed by atoms with Crippen LogP contribution in [0.5, 0.6) is 5.75 Å². The van der Waals surface area contributed by atoms with Crippen LogP contribution in [0.3, 0.4) is 0 Å². The highest BCUT2D eigenvalue weighted by atomic mass is 32.1. The molecular weight excluding hydrogens is 472 g/mol. The number of carbonyl (C=O) groups is 1. The number of rotatable bonds is 5. The molecule has 11 heteroatoms. The lowest BCUT2D eigenvalue weighted by molar-refractivity contribution is -0.0498. The number of nitrogens with one attached hydrogen (secondary N) is 1. The lowest BCUT2D eigenvalue weighted by Gasteiger charge is -2.34. The summed E-state index contributed by atoms with van der Waals surface area (Å²) in [5, 5.41) is 13.0. The number of carboxylic acid groups (broad SMARTS) is 1. The maximum atomic E-state index is 13.5. The molecule has 1 aliphatic carbocycles. The molecule has 2 aromatic rings. The molecule has 1 saturated carbocycles. The molecule has 0 radical (unpaired) electrons. The average molecular weight is 502 g/mol. The van der Waals surface area contributed by atoms with Gasteiger partial charge < -0.3 is 19.7 Å². The zero-order chi connectivity index (χ0) is 21.9. The summed E-state index contributed by atoms with van der Waals surface area (Å²) >= 11 is 0. The molecule has 7 nitrogen and oxygen atoms in total. The summed E-state index contributed by atoms with van der Waals surface area (Å²) in [7, 11) is 0. The van der Waals surface area contributed by atoms with E-state index in [0.717, 1.165) is 38.9 Å². The SMILES string of the molecule is C[C@H]1CN2CC(c3ccc4c(=O)c(C(=O)O)cn(C5CC5)c4c3OC(F)F)C[C@H]2CN1.S.S. The average Bonchev–Trinajstić information content (AvgIpc) is 3.47. The van der Waals surface area contributed by atoms with Crippen LogP contribution in [-0.4, -0.2) is 58.9 Å². The number of halogens is 2. The molecule has 2 saturated heterocycles. The zero-order valence-corrected chi connectivity index (χ0v) is 20.2. The third-order valence-corrected chi connectivity index (χ3v) is 6.73. The Labute approximate surface area is 204 Å². The lowest BCUT2D eigenvalue weighted by atomic mass is 9.93. The van der Waals surface area contributed by atoms with Crippen molar-refractivity contribution in [3.63, 3.8) is 0 Å². The largest absolute Gasteiger partial charge is 0.477 e. The van der Waals surface area contributed by atoms with Crippen LogP contribution in [0.2, 0.25) is 0 Å². The monoisotopic (exact) mass is 501 g/mol. The molecule has 3 heterocycles. The molecule has 33 heavy (non-hydrogen) atoms. The summed E-state index contributed by atoms with van der Waals surface area (Å²) in [6.07, 6.45) is 3.71. The Bertz CT molecular complexity index is 1110. The molecule has 3 aliphatic rings. The Kier molecular flexibility index (Phi) is 7.67. The molecular formula is C22H29F2N3O4S2. The fraction of sp³-hybridized carbons (Fsp3) is 0.545. The van der Waals surface area contributed by atoms with Crippen LogP contribution in [0.1, 0.15) is 54.1 Å². The molecule has 1 unspecified atom stereocenters. The van der Waals surface area contributed by atoms with E-state index in [1.54, 1.807) is 16.7 Å². The first-order chi connectivity index (χ1) is 14.8. The van der Waals surface area contributed by atoms with Crippen LogP contribution < -0.4 is 15.5 Å².